The topological polar surface area (TPSA) is 69.2 Å². The molecule has 0 bridgehead atoms. The summed E-state index contributed by atoms with van der Waals surface area (Å²) in [5.41, 5.74) is 7.05. The molecule has 16 heavy (non-hydrogen) atoms. The third-order valence-corrected chi connectivity index (χ3v) is 4.31. The van der Waals surface area contributed by atoms with Gasteiger partial charge in [-0.3, -0.25) is 10.1 Å². The van der Waals surface area contributed by atoms with Crippen LogP contribution < -0.4 is 5.73 Å². The first kappa shape index (κ1) is 11.5. The van der Waals surface area contributed by atoms with Crippen molar-refractivity contribution < 1.29 is 4.92 Å². The summed E-state index contributed by atoms with van der Waals surface area (Å²) < 4.78 is 0.561. The van der Waals surface area contributed by atoms with Gasteiger partial charge in [-0.05, 0) is 26.9 Å². The fraction of sp³-hybridized carbons (Fsp3) is 0.455. The highest BCUT2D eigenvalue weighted by atomic mass is 79.9. The second-order valence-corrected chi connectivity index (χ2v) is 5.56. The van der Waals surface area contributed by atoms with Crippen molar-refractivity contribution in [1.82, 2.24) is 0 Å². The van der Waals surface area contributed by atoms with Gasteiger partial charge in [0.1, 0.15) is 0 Å². The van der Waals surface area contributed by atoms with E-state index in [2.05, 4.69) is 29.8 Å². The van der Waals surface area contributed by atoms with Gasteiger partial charge in [0.2, 0.25) is 0 Å². The quantitative estimate of drug-likeness (QED) is 0.671. The number of halogens is 1. The Morgan fingerprint density at radius 3 is 2.50 bits per heavy atom. The third kappa shape index (κ3) is 1.55. The fourth-order valence-corrected chi connectivity index (χ4v) is 2.85. The van der Waals surface area contributed by atoms with E-state index in [0.717, 1.165) is 5.56 Å². The number of nitrogens with zero attached hydrogens (tertiary/aromatic N) is 1. The van der Waals surface area contributed by atoms with Gasteiger partial charge in [0, 0.05) is 18.0 Å². The highest BCUT2D eigenvalue weighted by Crippen LogP contribution is 2.59. The molecule has 0 heterocycles. The van der Waals surface area contributed by atoms with Gasteiger partial charge >= 0.3 is 0 Å². The van der Waals surface area contributed by atoms with Gasteiger partial charge in [-0.15, -0.1) is 0 Å². The molecule has 1 aliphatic rings. The van der Waals surface area contributed by atoms with Crippen LogP contribution in [0.25, 0.3) is 0 Å². The molecule has 1 aromatic carbocycles. The van der Waals surface area contributed by atoms with Crippen molar-refractivity contribution in [2.24, 2.45) is 11.1 Å². The van der Waals surface area contributed by atoms with Crippen LogP contribution in [0, 0.1) is 15.5 Å². The standard InChI is InChI=1S/C11H13BrN2O2/c1-11(2)8(10(11)13)6-4-3-5-7(9(6)12)14(15)16/h3-5,8,10H,13H2,1-2H3. The van der Waals surface area contributed by atoms with E-state index in [1.54, 1.807) is 6.07 Å². The summed E-state index contributed by atoms with van der Waals surface area (Å²) in [6, 6.07) is 5.18. The lowest BCUT2D eigenvalue weighted by molar-refractivity contribution is -0.385. The number of benzene rings is 1. The minimum absolute atomic E-state index is 0.0255. The molecule has 0 radical (unpaired) electrons. The first-order valence-electron chi connectivity index (χ1n) is 5.05. The molecule has 1 saturated carbocycles. The molecule has 5 heteroatoms. The maximum absolute atomic E-state index is 10.8. The summed E-state index contributed by atoms with van der Waals surface area (Å²) in [5, 5.41) is 10.8. The van der Waals surface area contributed by atoms with Crippen LogP contribution in [0.2, 0.25) is 0 Å². The van der Waals surface area contributed by atoms with Crippen molar-refractivity contribution >= 4 is 21.6 Å². The van der Waals surface area contributed by atoms with Crippen LogP contribution in [0.3, 0.4) is 0 Å². The molecule has 0 saturated heterocycles. The van der Waals surface area contributed by atoms with Crippen LogP contribution in [0.4, 0.5) is 5.69 Å². The Bertz CT molecular complexity index is 459. The Morgan fingerprint density at radius 2 is 2.06 bits per heavy atom. The Labute approximate surface area is 102 Å². The van der Waals surface area contributed by atoms with Gasteiger partial charge in [0.05, 0.1) is 9.40 Å². The monoisotopic (exact) mass is 284 g/mol. The highest BCUT2D eigenvalue weighted by molar-refractivity contribution is 9.10. The van der Waals surface area contributed by atoms with Crippen molar-refractivity contribution in [1.29, 1.82) is 0 Å². The van der Waals surface area contributed by atoms with Gasteiger partial charge in [-0.2, -0.15) is 0 Å². The van der Waals surface area contributed by atoms with E-state index in [1.807, 2.05) is 6.07 Å². The van der Waals surface area contributed by atoms with Gasteiger partial charge in [0.15, 0.2) is 0 Å². The van der Waals surface area contributed by atoms with Gasteiger partial charge < -0.3 is 5.73 Å². The molecule has 1 aliphatic carbocycles. The molecule has 0 amide bonds. The predicted molar refractivity (Wildman–Crippen MR) is 65.3 cm³/mol. The molecular weight excluding hydrogens is 272 g/mol. The first-order chi connectivity index (χ1) is 7.37. The largest absolute Gasteiger partial charge is 0.327 e. The summed E-state index contributed by atoms with van der Waals surface area (Å²) >= 11 is 3.30. The van der Waals surface area contributed by atoms with Crippen molar-refractivity contribution in [3.63, 3.8) is 0 Å². The molecule has 0 spiro atoms. The second kappa shape index (κ2) is 3.53. The summed E-state index contributed by atoms with van der Waals surface area (Å²) in [7, 11) is 0. The van der Waals surface area contributed by atoms with Crippen LogP contribution in [0.5, 0.6) is 0 Å². The third-order valence-electron chi connectivity index (χ3n) is 3.45. The highest BCUT2D eigenvalue weighted by Gasteiger charge is 2.57. The average molecular weight is 285 g/mol. The Balaban J connectivity index is 2.45. The van der Waals surface area contributed by atoms with Crippen LogP contribution >= 0.6 is 15.9 Å². The maximum Gasteiger partial charge on any atom is 0.283 e. The number of nitro benzene ring substituents is 1. The number of nitro groups is 1. The predicted octanol–water partition coefficient (Wildman–Crippen LogP) is 2.81. The first-order valence-corrected chi connectivity index (χ1v) is 5.85. The minimum atomic E-state index is -0.380. The zero-order chi connectivity index (χ0) is 12.1. The summed E-state index contributed by atoms with van der Waals surface area (Å²) in [4.78, 5) is 10.4. The smallest absolute Gasteiger partial charge is 0.283 e. The van der Waals surface area contributed by atoms with E-state index in [0.29, 0.717) is 4.47 Å². The Morgan fingerprint density at radius 1 is 1.50 bits per heavy atom. The number of hydrogen-bond acceptors (Lipinski definition) is 3. The molecule has 2 unspecified atom stereocenters. The van der Waals surface area contributed by atoms with Crippen LogP contribution in [0.15, 0.2) is 22.7 Å². The number of nitrogens with two attached hydrogens (primary N) is 1. The molecule has 86 valence electrons. The van der Waals surface area contributed by atoms with Crippen LogP contribution in [-0.4, -0.2) is 11.0 Å². The molecule has 1 fully saturated rings. The maximum atomic E-state index is 10.8. The molecule has 2 rings (SSSR count). The van der Waals surface area contributed by atoms with E-state index in [4.69, 9.17) is 5.73 Å². The van der Waals surface area contributed by atoms with Crippen molar-refractivity contribution in [2.75, 3.05) is 0 Å². The lowest BCUT2D eigenvalue weighted by Gasteiger charge is -2.05. The minimum Gasteiger partial charge on any atom is -0.327 e. The summed E-state index contributed by atoms with van der Waals surface area (Å²) in [6.07, 6.45) is 0. The summed E-state index contributed by atoms with van der Waals surface area (Å²) in [5.74, 6) is 0.196. The fourth-order valence-electron chi connectivity index (χ4n) is 2.19. The van der Waals surface area contributed by atoms with Crippen LogP contribution in [-0.2, 0) is 0 Å². The zero-order valence-corrected chi connectivity index (χ0v) is 10.7. The van der Waals surface area contributed by atoms with Crippen molar-refractivity contribution in [3.05, 3.63) is 38.3 Å². The Kier molecular flexibility index (Phi) is 2.55. The molecule has 1 aromatic rings. The molecule has 4 nitrogen and oxygen atoms in total. The molecular formula is C11H13BrN2O2. The van der Waals surface area contributed by atoms with Gasteiger partial charge in [-0.25, -0.2) is 0 Å². The zero-order valence-electron chi connectivity index (χ0n) is 9.11. The average Bonchev–Trinajstić information content (AvgIpc) is 2.67. The second-order valence-electron chi connectivity index (χ2n) is 4.76. The molecule has 2 atom stereocenters. The van der Waals surface area contributed by atoms with E-state index in [-0.39, 0.29) is 28.0 Å². The lowest BCUT2D eigenvalue weighted by Crippen LogP contribution is -2.06. The lowest BCUT2D eigenvalue weighted by atomic mass is 10.0. The Hall–Kier alpha value is -0.940. The molecule has 2 N–H and O–H groups in total. The van der Waals surface area contributed by atoms with Crippen LogP contribution in [0.1, 0.15) is 25.3 Å². The number of rotatable bonds is 2. The normalized spacial score (nSPS) is 26.5. The van der Waals surface area contributed by atoms with Crippen molar-refractivity contribution in [2.45, 2.75) is 25.8 Å². The van der Waals surface area contributed by atoms with Gasteiger partial charge in [0.25, 0.3) is 5.69 Å². The molecule has 0 aliphatic heterocycles. The SMILES string of the molecule is CC1(C)C(N)C1c1cccc([N+](=O)[O-])c1Br. The molecule has 0 aromatic heterocycles. The summed E-state index contributed by atoms with van der Waals surface area (Å²) in [6.45, 7) is 4.15. The van der Waals surface area contributed by atoms with E-state index in [1.165, 1.54) is 6.07 Å². The van der Waals surface area contributed by atoms with Gasteiger partial charge in [-0.1, -0.05) is 26.0 Å². The van der Waals surface area contributed by atoms with E-state index < -0.39 is 0 Å². The van der Waals surface area contributed by atoms with E-state index >= 15 is 0 Å². The van der Waals surface area contributed by atoms with Crippen molar-refractivity contribution in [3.8, 4) is 0 Å². The number of hydrogen-bond donors (Lipinski definition) is 1. The van der Waals surface area contributed by atoms with E-state index in [9.17, 15) is 10.1 Å².